The molecule has 0 radical (unpaired) electrons. The van der Waals surface area contributed by atoms with Crippen LogP contribution in [0, 0.1) is 5.82 Å². The molecule has 0 aliphatic heterocycles. The summed E-state index contributed by atoms with van der Waals surface area (Å²) < 4.78 is 18.4. The first-order chi connectivity index (χ1) is 9.04. The fraction of sp³-hybridized carbons (Fsp3) is 0.500. The van der Waals surface area contributed by atoms with E-state index in [2.05, 4.69) is 10.1 Å². The van der Waals surface area contributed by atoms with Gasteiger partial charge in [0.05, 0.1) is 13.5 Å². The Hall–Kier alpha value is -1.07. The Labute approximate surface area is 117 Å². The molecule has 1 rings (SSSR count). The summed E-state index contributed by atoms with van der Waals surface area (Å²) in [6.07, 6.45) is 0.284. The van der Waals surface area contributed by atoms with Gasteiger partial charge >= 0.3 is 5.97 Å². The van der Waals surface area contributed by atoms with Gasteiger partial charge in [0, 0.05) is 23.2 Å². The van der Waals surface area contributed by atoms with Crippen molar-refractivity contribution in [2.45, 2.75) is 37.8 Å². The van der Waals surface area contributed by atoms with Crippen LogP contribution in [0.5, 0.6) is 0 Å². The van der Waals surface area contributed by atoms with Gasteiger partial charge in [-0.05, 0) is 11.6 Å². The smallest absolute Gasteiger partial charge is 0.306 e. The lowest BCUT2D eigenvalue weighted by atomic mass is 10.2. The van der Waals surface area contributed by atoms with Gasteiger partial charge in [-0.15, -0.1) is 11.8 Å². The van der Waals surface area contributed by atoms with Crippen LogP contribution in [-0.2, 0) is 16.1 Å². The molecule has 1 aromatic carbocycles. The molecule has 0 amide bonds. The minimum Gasteiger partial charge on any atom is -0.469 e. The lowest BCUT2D eigenvalue weighted by molar-refractivity contribution is -0.140. The predicted octanol–water partition coefficient (Wildman–Crippen LogP) is 2.98. The minimum atomic E-state index is -0.273. The van der Waals surface area contributed by atoms with Gasteiger partial charge in [0.2, 0.25) is 0 Å². The van der Waals surface area contributed by atoms with Gasteiger partial charge < -0.3 is 10.1 Å². The second-order valence-corrected chi connectivity index (χ2v) is 5.54. The Balaban J connectivity index is 2.66. The van der Waals surface area contributed by atoms with E-state index in [1.165, 1.54) is 24.9 Å². The summed E-state index contributed by atoms with van der Waals surface area (Å²) in [5.41, 5.74) is 0.920. The average molecular weight is 285 g/mol. The molecule has 0 aliphatic rings. The first-order valence-electron chi connectivity index (χ1n) is 6.25. The number of ether oxygens (including phenoxy) is 1. The molecule has 5 heteroatoms. The number of rotatable bonds is 7. The van der Waals surface area contributed by atoms with Gasteiger partial charge in [-0.25, -0.2) is 4.39 Å². The van der Waals surface area contributed by atoms with Gasteiger partial charge in [0.1, 0.15) is 5.82 Å². The summed E-state index contributed by atoms with van der Waals surface area (Å²) in [7, 11) is 1.36. The number of hydrogen-bond acceptors (Lipinski definition) is 4. The lowest BCUT2D eigenvalue weighted by Crippen LogP contribution is -2.22. The molecule has 0 heterocycles. The van der Waals surface area contributed by atoms with Gasteiger partial charge in [-0.1, -0.05) is 26.0 Å². The van der Waals surface area contributed by atoms with Crippen molar-refractivity contribution in [2.75, 3.05) is 12.9 Å². The molecule has 0 saturated heterocycles. The van der Waals surface area contributed by atoms with Gasteiger partial charge in [0.15, 0.2) is 0 Å². The first kappa shape index (κ1) is 16.0. The van der Waals surface area contributed by atoms with Crippen LogP contribution in [0.25, 0.3) is 0 Å². The standard InChI is InChI=1S/C14H20FNO2S/c1-10(2)16-9-11-5-4-6-12(15)14(11)19-8-7-13(17)18-3/h4-6,10,16H,7-9H2,1-3H3. The Morgan fingerprint density at radius 2 is 2.21 bits per heavy atom. The van der Waals surface area contributed by atoms with Crippen molar-refractivity contribution >= 4 is 17.7 Å². The highest BCUT2D eigenvalue weighted by molar-refractivity contribution is 7.99. The number of hydrogen-bond donors (Lipinski definition) is 1. The zero-order chi connectivity index (χ0) is 14.3. The molecule has 0 saturated carbocycles. The van der Waals surface area contributed by atoms with Crippen LogP contribution in [-0.4, -0.2) is 24.9 Å². The molecule has 3 nitrogen and oxygen atoms in total. The molecule has 0 fully saturated rings. The van der Waals surface area contributed by atoms with Gasteiger partial charge in [0.25, 0.3) is 0 Å². The largest absolute Gasteiger partial charge is 0.469 e. The van der Waals surface area contributed by atoms with Gasteiger partial charge in [-0.2, -0.15) is 0 Å². The third kappa shape index (κ3) is 5.61. The fourth-order valence-corrected chi connectivity index (χ4v) is 2.51. The first-order valence-corrected chi connectivity index (χ1v) is 7.23. The van der Waals surface area contributed by atoms with Crippen molar-refractivity contribution in [3.63, 3.8) is 0 Å². The zero-order valence-electron chi connectivity index (χ0n) is 11.5. The van der Waals surface area contributed by atoms with Crippen molar-refractivity contribution in [2.24, 2.45) is 0 Å². The molecule has 106 valence electrons. The van der Waals surface area contributed by atoms with Crippen LogP contribution in [0.4, 0.5) is 4.39 Å². The second kappa shape index (κ2) is 8.17. The number of halogens is 1. The van der Waals surface area contributed by atoms with E-state index >= 15 is 0 Å². The van der Waals surface area contributed by atoms with Crippen molar-refractivity contribution in [1.82, 2.24) is 5.32 Å². The topological polar surface area (TPSA) is 38.3 Å². The van der Waals surface area contributed by atoms with Crippen LogP contribution in [0.2, 0.25) is 0 Å². The molecule has 1 aromatic rings. The molecule has 19 heavy (non-hydrogen) atoms. The summed E-state index contributed by atoms with van der Waals surface area (Å²) in [4.78, 5) is 11.7. The number of methoxy groups -OCH3 is 1. The molecule has 0 aliphatic carbocycles. The highest BCUT2D eigenvalue weighted by Crippen LogP contribution is 2.26. The number of nitrogens with one attached hydrogen (secondary N) is 1. The summed E-state index contributed by atoms with van der Waals surface area (Å²) >= 11 is 1.35. The van der Waals surface area contributed by atoms with Crippen LogP contribution >= 0.6 is 11.8 Å². The molecule has 0 unspecified atom stereocenters. The minimum absolute atomic E-state index is 0.238. The second-order valence-electron chi connectivity index (χ2n) is 4.44. The van der Waals surface area contributed by atoms with Crippen LogP contribution in [0.15, 0.2) is 23.1 Å². The number of carbonyl (C=O) groups is 1. The maximum atomic E-state index is 13.8. The van der Waals surface area contributed by atoms with Gasteiger partial charge in [-0.3, -0.25) is 4.79 Å². The van der Waals surface area contributed by atoms with Crippen molar-refractivity contribution in [3.8, 4) is 0 Å². The summed E-state index contributed by atoms with van der Waals surface area (Å²) in [5, 5.41) is 3.27. The van der Waals surface area contributed by atoms with E-state index in [4.69, 9.17) is 0 Å². The van der Waals surface area contributed by atoms with E-state index in [0.717, 1.165) is 5.56 Å². The molecule has 0 bridgehead atoms. The monoisotopic (exact) mass is 285 g/mol. The molecule has 0 spiro atoms. The SMILES string of the molecule is COC(=O)CCSc1c(F)cccc1CNC(C)C. The number of esters is 1. The Morgan fingerprint density at radius 1 is 1.47 bits per heavy atom. The maximum absolute atomic E-state index is 13.8. The number of thioether (sulfide) groups is 1. The Morgan fingerprint density at radius 3 is 2.84 bits per heavy atom. The highest BCUT2D eigenvalue weighted by atomic mass is 32.2. The Kier molecular flexibility index (Phi) is 6.87. The number of benzene rings is 1. The fourth-order valence-electron chi connectivity index (χ4n) is 1.51. The molecular weight excluding hydrogens is 265 g/mol. The van der Waals surface area contributed by atoms with E-state index < -0.39 is 0 Å². The van der Waals surface area contributed by atoms with Crippen molar-refractivity contribution < 1.29 is 13.9 Å². The quantitative estimate of drug-likeness (QED) is 0.617. The average Bonchev–Trinajstić information content (AvgIpc) is 2.38. The molecule has 0 atom stereocenters. The highest BCUT2D eigenvalue weighted by Gasteiger charge is 2.10. The van der Waals surface area contributed by atoms with Crippen LogP contribution < -0.4 is 5.32 Å². The van der Waals surface area contributed by atoms with Crippen LogP contribution in [0.1, 0.15) is 25.8 Å². The lowest BCUT2D eigenvalue weighted by Gasteiger charge is -2.13. The van der Waals surface area contributed by atoms with Crippen molar-refractivity contribution in [3.05, 3.63) is 29.6 Å². The van der Waals surface area contributed by atoms with Crippen LogP contribution in [0.3, 0.4) is 0 Å². The summed E-state index contributed by atoms with van der Waals surface area (Å²) in [5.74, 6) is 0.00562. The van der Waals surface area contributed by atoms with E-state index in [0.29, 0.717) is 23.2 Å². The zero-order valence-corrected chi connectivity index (χ0v) is 12.3. The van der Waals surface area contributed by atoms with E-state index in [9.17, 15) is 9.18 Å². The van der Waals surface area contributed by atoms with Crippen molar-refractivity contribution in [1.29, 1.82) is 0 Å². The molecule has 1 N–H and O–H groups in total. The summed E-state index contributed by atoms with van der Waals surface area (Å²) in [6, 6.07) is 5.39. The Bertz CT molecular complexity index is 424. The predicted molar refractivity (Wildman–Crippen MR) is 75.7 cm³/mol. The molecular formula is C14H20FNO2S. The third-order valence-electron chi connectivity index (χ3n) is 2.53. The van der Waals surface area contributed by atoms with E-state index in [-0.39, 0.29) is 18.2 Å². The third-order valence-corrected chi connectivity index (χ3v) is 3.68. The summed E-state index contributed by atoms with van der Waals surface area (Å²) in [6.45, 7) is 4.71. The maximum Gasteiger partial charge on any atom is 0.306 e. The number of carbonyl (C=O) groups excluding carboxylic acids is 1. The van der Waals surface area contributed by atoms with E-state index in [1.54, 1.807) is 6.07 Å². The normalized spacial score (nSPS) is 10.8. The van der Waals surface area contributed by atoms with E-state index in [1.807, 2.05) is 19.9 Å². The molecule has 0 aromatic heterocycles.